The van der Waals surface area contributed by atoms with Gasteiger partial charge >= 0.3 is 0 Å². The van der Waals surface area contributed by atoms with Gasteiger partial charge in [0, 0.05) is 18.8 Å². The van der Waals surface area contributed by atoms with Crippen LogP contribution in [-0.4, -0.2) is 23.4 Å². The average molecular weight is 292 g/mol. The van der Waals surface area contributed by atoms with E-state index in [0.717, 1.165) is 38.0 Å². The molecule has 3 nitrogen and oxygen atoms in total. The number of nitrogens with zero attached hydrogens (tertiary/aromatic N) is 1. The summed E-state index contributed by atoms with van der Waals surface area (Å²) < 4.78 is 0. The predicted octanol–water partition coefficient (Wildman–Crippen LogP) is 3.00. The van der Waals surface area contributed by atoms with Crippen LogP contribution in [0.1, 0.15) is 23.1 Å². The molecule has 0 saturated heterocycles. The highest BCUT2D eigenvalue weighted by atomic mass is 16.2. The van der Waals surface area contributed by atoms with Crippen molar-refractivity contribution in [2.75, 3.05) is 11.9 Å². The maximum Gasteiger partial charge on any atom is 0.245 e. The van der Waals surface area contributed by atoms with E-state index in [0.29, 0.717) is 0 Å². The Morgan fingerprint density at radius 3 is 2.55 bits per heavy atom. The fraction of sp³-hybridized carbons (Fsp3) is 0.316. The first-order valence-corrected chi connectivity index (χ1v) is 8.01. The highest BCUT2D eigenvalue weighted by molar-refractivity contribution is 5.86. The second-order valence-corrected chi connectivity index (χ2v) is 6.17. The minimum Gasteiger partial charge on any atom is -0.373 e. The van der Waals surface area contributed by atoms with Crippen LogP contribution in [-0.2, 0) is 24.2 Å². The molecule has 0 bridgehead atoms. The number of hydrogen-bond donors (Lipinski definition) is 1. The summed E-state index contributed by atoms with van der Waals surface area (Å²) in [5.41, 5.74) is 5.10. The Morgan fingerprint density at radius 2 is 1.68 bits per heavy atom. The normalized spacial score (nSPS) is 19.8. The molecule has 0 spiro atoms. The predicted molar refractivity (Wildman–Crippen MR) is 87.7 cm³/mol. The summed E-state index contributed by atoms with van der Waals surface area (Å²) >= 11 is 0. The van der Waals surface area contributed by atoms with Gasteiger partial charge in [-0.25, -0.2) is 0 Å². The first-order valence-electron chi connectivity index (χ1n) is 8.01. The van der Waals surface area contributed by atoms with Gasteiger partial charge in [-0.3, -0.25) is 4.79 Å². The van der Waals surface area contributed by atoms with E-state index in [1.165, 1.54) is 16.7 Å². The Hall–Kier alpha value is -2.29. The average Bonchev–Trinajstić information content (AvgIpc) is 2.60. The zero-order chi connectivity index (χ0) is 14.9. The van der Waals surface area contributed by atoms with Crippen molar-refractivity contribution in [2.24, 2.45) is 0 Å². The lowest BCUT2D eigenvalue weighted by atomic mass is 9.95. The van der Waals surface area contributed by atoms with Crippen LogP contribution in [0.5, 0.6) is 0 Å². The van der Waals surface area contributed by atoms with Gasteiger partial charge in [-0.1, -0.05) is 42.5 Å². The maximum absolute atomic E-state index is 12.8. The number of carbonyl (C=O) groups excluding carboxylic acids is 1. The van der Waals surface area contributed by atoms with Gasteiger partial charge in [0.05, 0.1) is 0 Å². The third-order valence-electron chi connectivity index (χ3n) is 4.79. The van der Waals surface area contributed by atoms with Crippen LogP contribution >= 0.6 is 0 Å². The highest BCUT2D eigenvalue weighted by Gasteiger charge is 2.29. The van der Waals surface area contributed by atoms with Crippen molar-refractivity contribution in [3.63, 3.8) is 0 Å². The van der Waals surface area contributed by atoms with Gasteiger partial charge in [-0.2, -0.15) is 0 Å². The van der Waals surface area contributed by atoms with Crippen molar-refractivity contribution in [3.05, 3.63) is 65.2 Å². The van der Waals surface area contributed by atoms with Crippen LogP contribution < -0.4 is 5.32 Å². The molecule has 112 valence electrons. The topological polar surface area (TPSA) is 32.3 Å². The van der Waals surface area contributed by atoms with Crippen LogP contribution in [0.25, 0.3) is 0 Å². The summed E-state index contributed by atoms with van der Waals surface area (Å²) in [6, 6.07) is 16.7. The van der Waals surface area contributed by atoms with Crippen molar-refractivity contribution in [1.82, 2.24) is 4.90 Å². The van der Waals surface area contributed by atoms with E-state index < -0.39 is 0 Å². The second kappa shape index (κ2) is 5.48. The van der Waals surface area contributed by atoms with Crippen LogP contribution in [0.3, 0.4) is 0 Å². The summed E-state index contributed by atoms with van der Waals surface area (Å²) in [5.74, 6) is 0.240. The number of anilines is 1. The fourth-order valence-corrected chi connectivity index (χ4v) is 3.53. The summed E-state index contributed by atoms with van der Waals surface area (Å²) in [6.07, 6.45) is 2.82. The van der Waals surface area contributed by atoms with Gasteiger partial charge in [0.15, 0.2) is 0 Å². The number of nitrogens with one attached hydrogen (secondary N) is 1. The lowest BCUT2D eigenvalue weighted by Crippen LogP contribution is -2.46. The Bertz CT molecular complexity index is 651. The van der Waals surface area contributed by atoms with Crippen LogP contribution in [0.2, 0.25) is 0 Å². The van der Waals surface area contributed by atoms with Gasteiger partial charge < -0.3 is 10.2 Å². The monoisotopic (exact) mass is 292 g/mol. The number of aryl methyl sites for hydroxylation is 1. The highest BCUT2D eigenvalue weighted by Crippen LogP contribution is 2.26. The largest absolute Gasteiger partial charge is 0.373 e. The summed E-state index contributed by atoms with van der Waals surface area (Å²) in [6.45, 7) is 1.57. The van der Waals surface area contributed by atoms with Crippen LogP contribution in [0, 0.1) is 0 Å². The second-order valence-electron chi connectivity index (χ2n) is 6.17. The zero-order valence-electron chi connectivity index (χ0n) is 12.6. The molecule has 22 heavy (non-hydrogen) atoms. The molecule has 2 aromatic carbocycles. The molecule has 2 aliphatic heterocycles. The molecule has 2 heterocycles. The number of para-hydroxylation sites is 1. The SMILES string of the molecule is O=C(C1CCc2ccccc2N1)N1CCc2ccccc2C1. The maximum atomic E-state index is 12.8. The third kappa shape index (κ3) is 2.37. The zero-order valence-corrected chi connectivity index (χ0v) is 12.6. The Kier molecular flexibility index (Phi) is 3.34. The minimum absolute atomic E-state index is 0.0832. The number of hydrogen-bond acceptors (Lipinski definition) is 2. The molecular formula is C19H20N2O. The Labute approximate surface area is 131 Å². The summed E-state index contributed by atoms with van der Waals surface area (Å²) in [7, 11) is 0. The van der Waals surface area contributed by atoms with E-state index in [4.69, 9.17) is 0 Å². The van der Waals surface area contributed by atoms with E-state index in [-0.39, 0.29) is 11.9 Å². The molecular weight excluding hydrogens is 272 g/mol. The van der Waals surface area contributed by atoms with E-state index in [1.54, 1.807) is 0 Å². The van der Waals surface area contributed by atoms with Crippen molar-refractivity contribution in [2.45, 2.75) is 31.8 Å². The summed E-state index contributed by atoms with van der Waals surface area (Å²) in [4.78, 5) is 14.8. The Morgan fingerprint density at radius 1 is 0.955 bits per heavy atom. The molecule has 2 aromatic rings. The third-order valence-corrected chi connectivity index (χ3v) is 4.79. The fourth-order valence-electron chi connectivity index (χ4n) is 3.53. The van der Waals surface area contributed by atoms with Crippen LogP contribution in [0.4, 0.5) is 5.69 Å². The smallest absolute Gasteiger partial charge is 0.245 e. The quantitative estimate of drug-likeness (QED) is 0.876. The molecule has 3 heteroatoms. The first-order chi connectivity index (χ1) is 10.8. The molecule has 1 amide bonds. The van der Waals surface area contributed by atoms with Gasteiger partial charge in [0.25, 0.3) is 0 Å². The number of carbonyl (C=O) groups is 1. The molecule has 0 aromatic heterocycles. The molecule has 4 rings (SSSR count). The lowest BCUT2D eigenvalue weighted by molar-refractivity contribution is -0.133. The standard InChI is InChI=1S/C19H20N2O/c22-19(18-10-9-15-6-3-4-8-17(15)20-18)21-12-11-14-5-1-2-7-16(14)13-21/h1-8,18,20H,9-13H2. The number of amides is 1. The number of benzene rings is 2. The minimum atomic E-state index is -0.0832. The number of fused-ring (bicyclic) bond motifs is 2. The van der Waals surface area contributed by atoms with E-state index in [2.05, 4.69) is 47.8 Å². The first kappa shape index (κ1) is 13.4. The molecule has 0 fully saturated rings. The van der Waals surface area contributed by atoms with Gasteiger partial charge in [0.2, 0.25) is 5.91 Å². The van der Waals surface area contributed by atoms with Gasteiger partial charge in [-0.05, 0) is 42.0 Å². The molecule has 1 atom stereocenters. The molecule has 1 N–H and O–H groups in total. The molecule has 2 aliphatic rings. The molecule has 0 radical (unpaired) electrons. The summed E-state index contributed by atoms with van der Waals surface area (Å²) in [5, 5.41) is 3.43. The van der Waals surface area contributed by atoms with Gasteiger partial charge in [-0.15, -0.1) is 0 Å². The van der Waals surface area contributed by atoms with E-state index >= 15 is 0 Å². The molecule has 0 aliphatic carbocycles. The molecule has 1 unspecified atom stereocenters. The van der Waals surface area contributed by atoms with E-state index in [1.807, 2.05) is 11.0 Å². The molecule has 0 saturated carbocycles. The van der Waals surface area contributed by atoms with E-state index in [9.17, 15) is 4.79 Å². The van der Waals surface area contributed by atoms with Crippen molar-refractivity contribution < 1.29 is 4.79 Å². The number of rotatable bonds is 1. The van der Waals surface area contributed by atoms with Gasteiger partial charge in [0.1, 0.15) is 6.04 Å². The van der Waals surface area contributed by atoms with Crippen molar-refractivity contribution >= 4 is 11.6 Å². The lowest BCUT2D eigenvalue weighted by Gasteiger charge is -2.34. The van der Waals surface area contributed by atoms with Crippen LogP contribution in [0.15, 0.2) is 48.5 Å². The Balaban J connectivity index is 1.50. The van der Waals surface area contributed by atoms with Crippen molar-refractivity contribution in [1.29, 1.82) is 0 Å². The van der Waals surface area contributed by atoms with Crippen molar-refractivity contribution in [3.8, 4) is 0 Å².